The Morgan fingerprint density at radius 3 is 2.47 bits per heavy atom. The average Bonchev–Trinajstić information content (AvgIpc) is 2.76. The number of carbonyl (C=O) groups is 3. The van der Waals surface area contributed by atoms with E-state index in [1.807, 2.05) is 30.3 Å². The number of carboxylic acid groups (broad SMARTS) is 1. The molecule has 3 rings (SSSR count). The van der Waals surface area contributed by atoms with Gasteiger partial charge in [0.15, 0.2) is 6.61 Å². The lowest BCUT2D eigenvalue weighted by Crippen LogP contribution is -2.35. The molecule has 8 heteroatoms. The number of rotatable bonds is 8. The van der Waals surface area contributed by atoms with Gasteiger partial charge in [0.05, 0.1) is 12.8 Å². The lowest BCUT2D eigenvalue weighted by Gasteiger charge is -2.07. The van der Waals surface area contributed by atoms with Crippen LogP contribution in [0.4, 0.5) is 0 Å². The number of hydrogen-bond donors (Lipinski definition) is 3. The van der Waals surface area contributed by atoms with E-state index in [0.29, 0.717) is 16.9 Å². The smallest absolute Gasteiger partial charge is 0.341 e. The van der Waals surface area contributed by atoms with Crippen molar-refractivity contribution in [1.29, 1.82) is 0 Å². The van der Waals surface area contributed by atoms with Gasteiger partial charge in [-0.05, 0) is 46.7 Å². The highest BCUT2D eigenvalue weighted by Crippen LogP contribution is 2.18. The van der Waals surface area contributed by atoms with Crippen molar-refractivity contribution in [3.8, 4) is 5.75 Å². The minimum absolute atomic E-state index is 0.221. The lowest BCUT2D eigenvalue weighted by atomic mass is 10.0. The maximum absolute atomic E-state index is 12.4. The summed E-state index contributed by atoms with van der Waals surface area (Å²) in [5.74, 6) is -1.46. The molecular formula is C22H19N3O5. The highest BCUT2D eigenvalue weighted by atomic mass is 16.5. The molecule has 0 spiro atoms. The summed E-state index contributed by atoms with van der Waals surface area (Å²) in [6, 6.07) is 19.4. The summed E-state index contributed by atoms with van der Waals surface area (Å²) >= 11 is 0. The van der Waals surface area contributed by atoms with E-state index in [1.165, 1.54) is 6.21 Å². The van der Waals surface area contributed by atoms with Gasteiger partial charge in [0.1, 0.15) is 5.75 Å². The van der Waals surface area contributed by atoms with Crippen LogP contribution < -0.4 is 15.5 Å². The summed E-state index contributed by atoms with van der Waals surface area (Å²) in [6.07, 6.45) is 1.42. The summed E-state index contributed by atoms with van der Waals surface area (Å²) < 4.78 is 5.03. The molecule has 30 heavy (non-hydrogen) atoms. The predicted octanol–water partition coefficient (Wildman–Crippen LogP) is 2.18. The van der Waals surface area contributed by atoms with E-state index in [-0.39, 0.29) is 12.5 Å². The molecule has 0 bridgehead atoms. The Kier molecular flexibility index (Phi) is 6.73. The van der Waals surface area contributed by atoms with E-state index in [9.17, 15) is 14.4 Å². The molecule has 0 fully saturated rings. The summed E-state index contributed by atoms with van der Waals surface area (Å²) in [6.45, 7) is -0.644. The number of hydrogen-bond acceptors (Lipinski definition) is 5. The number of nitrogens with zero attached hydrogens (tertiary/aromatic N) is 1. The monoisotopic (exact) mass is 405 g/mol. The molecule has 0 aliphatic rings. The first-order valence-corrected chi connectivity index (χ1v) is 9.05. The molecule has 3 aromatic carbocycles. The van der Waals surface area contributed by atoms with E-state index in [0.717, 1.165) is 10.8 Å². The Hall–Kier alpha value is -4.20. The molecule has 0 heterocycles. The van der Waals surface area contributed by atoms with Gasteiger partial charge in [0.2, 0.25) is 0 Å². The Balaban J connectivity index is 1.48. The molecule has 0 aromatic heterocycles. The van der Waals surface area contributed by atoms with Crippen molar-refractivity contribution in [2.24, 2.45) is 5.10 Å². The molecule has 3 aromatic rings. The number of carboxylic acids is 1. The van der Waals surface area contributed by atoms with E-state index in [2.05, 4.69) is 15.8 Å². The van der Waals surface area contributed by atoms with Crippen molar-refractivity contribution in [3.05, 3.63) is 77.9 Å². The van der Waals surface area contributed by atoms with Crippen molar-refractivity contribution < 1.29 is 24.2 Å². The number of hydrazone groups is 1. The predicted molar refractivity (Wildman–Crippen MR) is 112 cm³/mol. The second kappa shape index (κ2) is 9.83. The zero-order valence-electron chi connectivity index (χ0n) is 15.9. The first kappa shape index (κ1) is 20.5. The summed E-state index contributed by atoms with van der Waals surface area (Å²) in [5, 5.41) is 16.7. The van der Waals surface area contributed by atoms with E-state index < -0.39 is 18.5 Å². The fourth-order valence-corrected chi connectivity index (χ4v) is 2.69. The minimum atomic E-state index is -1.06. The second-order valence-corrected chi connectivity index (χ2v) is 6.25. The third-order valence-electron chi connectivity index (χ3n) is 4.09. The zero-order valence-corrected chi connectivity index (χ0v) is 15.9. The van der Waals surface area contributed by atoms with Crippen LogP contribution in [0.3, 0.4) is 0 Å². The molecule has 0 saturated carbocycles. The Morgan fingerprint density at radius 2 is 1.70 bits per heavy atom. The summed E-state index contributed by atoms with van der Waals surface area (Å²) in [4.78, 5) is 34.8. The highest BCUT2D eigenvalue weighted by Gasteiger charge is 2.10. The molecular weight excluding hydrogens is 386 g/mol. The van der Waals surface area contributed by atoms with Crippen LogP contribution in [0.15, 0.2) is 71.8 Å². The number of nitrogens with one attached hydrogen (secondary N) is 2. The van der Waals surface area contributed by atoms with Gasteiger partial charge in [-0.15, -0.1) is 0 Å². The molecule has 3 N–H and O–H groups in total. The normalized spacial score (nSPS) is 10.7. The lowest BCUT2D eigenvalue weighted by molar-refractivity contribution is -0.139. The molecule has 0 radical (unpaired) electrons. The Morgan fingerprint density at radius 1 is 0.967 bits per heavy atom. The van der Waals surface area contributed by atoms with Gasteiger partial charge >= 0.3 is 5.97 Å². The first-order chi connectivity index (χ1) is 14.5. The quantitative estimate of drug-likeness (QED) is 0.392. The number of ether oxygens (including phenoxy) is 1. The van der Waals surface area contributed by atoms with Crippen LogP contribution in [0.1, 0.15) is 15.9 Å². The number of benzene rings is 3. The molecule has 0 unspecified atom stereocenters. The summed E-state index contributed by atoms with van der Waals surface area (Å²) in [5.41, 5.74) is 3.51. The maximum Gasteiger partial charge on any atom is 0.341 e. The molecule has 2 amide bonds. The van der Waals surface area contributed by atoms with Crippen molar-refractivity contribution >= 4 is 34.8 Å². The fraction of sp³-hybridized carbons (Fsp3) is 0.0909. The minimum Gasteiger partial charge on any atom is -0.482 e. The van der Waals surface area contributed by atoms with Gasteiger partial charge in [-0.2, -0.15) is 5.10 Å². The van der Waals surface area contributed by atoms with E-state index in [4.69, 9.17) is 9.84 Å². The Bertz CT molecular complexity index is 1090. The van der Waals surface area contributed by atoms with Crippen LogP contribution in [-0.2, 0) is 9.59 Å². The molecule has 0 saturated heterocycles. The van der Waals surface area contributed by atoms with E-state index in [1.54, 1.807) is 36.4 Å². The standard InChI is InChI=1S/C22H19N3O5/c26-20(25-24-12-15-8-10-17(11-9-15)30-14-21(27)28)13-23-22(29)19-7-3-5-16-4-1-2-6-18(16)19/h1-12H,13-14H2,(H,23,29)(H,25,26)(H,27,28)/b24-12+. The van der Waals surface area contributed by atoms with Crippen LogP contribution in [0.5, 0.6) is 5.75 Å². The molecule has 8 nitrogen and oxygen atoms in total. The molecule has 152 valence electrons. The van der Waals surface area contributed by atoms with Crippen molar-refractivity contribution in [3.63, 3.8) is 0 Å². The number of fused-ring (bicyclic) bond motifs is 1. The van der Waals surface area contributed by atoms with Crippen LogP contribution in [-0.4, -0.2) is 42.3 Å². The van der Waals surface area contributed by atoms with Crippen LogP contribution in [0.2, 0.25) is 0 Å². The zero-order chi connectivity index (χ0) is 21.3. The number of aliphatic carboxylic acids is 1. The summed E-state index contributed by atoms with van der Waals surface area (Å²) in [7, 11) is 0. The van der Waals surface area contributed by atoms with Gasteiger partial charge in [-0.25, -0.2) is 10.2 Å². The number of carbonyl (C=O) groups excluding carboxylic acids is 2. The SMILES string of the molecule is O=C(O)COc1ccc(/C=N/NC(=O)CNC(=O)c2cccc3ccccc23)cc1. The van der Waals surface area contributed by atoms with Gasteiger partial charge in [0, 0.05) is 5.56 Å². The van der Waals surface area contributed by atoms with Crippen LogP contribution in [0.25, 0.3) is 10.8 Å². The maximum atomic E-state index is 12.4. The van der Waals surface area contributed by atoms with Gasteiger partial charge in [0.25, 0.3) is 11.8 Å². The third kappa shape index (κ3) is 5.65. The molecule has 0 atom stereocenters. The van der Waals surface area contributed by atoms with Gasteiger partial charge < -0.3 is 15.2 Å². The first-order valence-electron chi connectivity index (χ1n) is 9.05. The van der Waals surface area contributed by atoms with E-state index >= 15 is 0 Å². The topological polar surface area (TPSA) is 117 Å². The van der Waals surface area contributed by atoms with Crippen LogP contribution in [0, 0.1) is 0 Å². The second-order valence-electron chi connectivity index (χ2n) is 6.25. The Labute approximate surface area is 172 Å². The van der Waals surface area contributed by atoms with Crippen molar-refractivity contribution in [2.45, 2.75) is 0 Å². The fourth-order valence-electron chi connectivity index (χ4n) is 2.69. The van der Waals surface area contributed by atoms with Crippen molar-refractivity contribution in [2.75, 3.05) is 13.2 Å². The van der Waals surface area contributed by atoms with Gasteiger partial charge in [-0.3, -0.25) is 9.59 Å². The average molecular weight is 405 g/mol. The number of amides is 2. The molecule has 0 aliphatic heterocycles. The highest BCUT2D eigenvalue weighted by molar-refractivity contribution is 6.07. The molecule has 0 aliphatic carbocycles. The van der Waals surface area contributed by atoms with Crippen LogP contribution >= 0.6 is 0 Å². The third-order valence-corrected chi connectivity index (χ3v) is 4.09. The van der Waals surface area contributed by atoms with Crippen molar-refractivity contribution in [1.82, 2.24) is 10.7 Å². The van der Waals surface area contributed by atoms with Gasteiger partial charge in [-0.1, -0.05) is 36.4 Å². The largest absolute Gasteiger partial charge is 0.482 e.